The fourth-order valence-corrected chi connectivity index (χ4v) is 5.51. The Morgan fingerprint density at radius 1 is 1.29 bits per heavy atom. The fraction of sp³-hybridized carbons (Fsp3) is 0.370. The molecule has 4 rings (SSSR count). The zero-order chi connectivity index (χ0) is 30.9. The van der Waals surface area contributed by atoms with Crippen molar-refractivity contribution in [3.8, 4) is 5.82 Å². The number of allylic oxidation sites excluding steroid dienone is 4. The van der Waals surface area contributed by atoms with Crippen molar-refractivity contribution in [2.24, 2.45) is 4.99 Å². The molecule has 1 fully saturated rings. The van der Waals surface area contributed by atoms with Crippen molar-refractivity contribution in [3.05, 3.63) is 71.1 Å². The van der Waals surface area contributed by atoms with Gasteiger partial charge in [-0.05, 0) is 19.1 Å². The van der Waals surface area contributed by atoms with E-state index in [1.165, 1.54) is 17.0 Å². The van der Waals surface area contributed by atoms with Gasteiger partial charge in [0.05, 0.1) is 16.8 Å². The molecule has 0 unspecified atom stereocenters. The predicted molar refractivity (Wildman–Crippen MR) is 152 cm³/mol. The quantitative estimate of drug-likeness (QED) is 0.330. The van der Waals surface area contributed by atoms with Crippen LogP contribution >= 0.6 is 0 Å². The van der Waals surface area contributed by atoms with Gasteiger partial charge in [0, 0.05) is 57.3 Å². The van der Waals surface area contributed by atoms with Gasteiger partial charge >= 0.3 is 6.18 Å². The minimum absolute atomic E-state index is 0.000148. The first-order chi connectivity index (χ1) is 19.6. The maximum Gasteiger partial charge on any atom is 0.416 e. The summed E-state index contributed by atoms with van der Waals surface area (Å²) in [5.41, 5.74) is 0.398. The standard InChI is InChI=1S/C27H30F3N7O4S/c1-5-19(27(28,29)30)8-6-17(2)13-36-15-26(16-36)10-20-23(25(39)34-26)24(33-22(38)14-42(4,40)41)37(35-20)21-9-7-18(11-31-3)12-32-21/h5-9,11-12H,1,10,13-16H2,2-4H3,(H,33,38)(H,34,39)/b17-6+,19-8+,31-11+. The van der Waals surface area contributed by atoms with Gasteiger partial charge in [-0.25, -0.2) is 13.4 Å². The molecule has 0 saturated carbocycles. The van der Waals surface area contributed by atoms with Gasteiger partial charge in [0.15, 0.2) is 21.5 Å². The molecule has 2 N–H and O–H groups in total. The molecule has 2 aromatic rings. The summed E-state index contributed by atoms with van der Waals surface area (Å²) >= 11 is 0. The Kier molecular flexibility index (Phi) is 8.55. The van der Waals surface area contributed by atoms with Crippen LogP contribution in [0.15, 0.2) is 59.3 Å². The average Bonchev–Trinajstić information content (AvgIpc) is 3.20. The second kappa shape index (κ2) is 11.6. The van der Waals surface area contributed by atoms with E-state index in [2.05, 4.69) is 32.3 Å². The normalized spacial score (nSPS) is 17.6. The summed E-state index contributed by atoms with van der Waals surface area (Å²) in [5.74, 6) is -1.83. The number of carbonyl (C=O) groups is 2. The van der Waals surface area contributed by atoms with Crippen LogP contribution in [0.1, 0.15) is 28.5 Å². The predicted octanol–water partition coefficient (Wildman–Crippen LogP) is 2.26. The number of anilines is 1. The van der Waals surface area contributed by atoms with Gasteiger partial charge in [0.2, 0.25) is 5.91 Å². The third-order valence-corrected chi connectivity index (χ3v) is 7.39. The van der Waals surface area contributed by atoms with Crippen molar-refractivity contribution in [2.45, 2.75) is 25.1 Å². The van der Waals surface area contributed by atoms with E-state index in [1.807, 2.05) is 4.90 Å². The Labute approximate surface area is 240 Å². The molecule has 0 atom stereocenters. The Hall–Kier alpha value is -4.11. The summed E-state index contributed by atoms with van der Waals surface area (Å²) < 4.78 is 63.5. The smallest absolute Gasteiger partial charge is 0.343 e. The zero-order valence-corrected chi connectivity index (χ0v) is 24.0. The van der Waals surface area contributed by atoms with E-state index in [9.17, 15) is 31.2 Å². The minimum atomic E-state index is -4.49. The van der Waals surface area contributed by atoms with Crippen LogP contribution in [0.25, 0.3) is 5.82 Å². The van der Waals surface area contributed by atoms with Crippen LogP contribution < -0.4 is 10.6 Å². The van der Waals surface area contributed by atoms with E-state index < -0.39 is 44.7 Å². The van der Waals surface area contributed by atoms with Crippen molar-refractivity contribution in [1.82, 2.24) is 25.0 Å². The first kappa shape index (κ1) is 30.8. The first-order valence-electron chi connectivity index (χ1n) is 12.7. The van der Waals surface area contributed by atoms with E-state index in [-0.39, 0.29) is 17.2 Å². The van der Waals surface area contributed by atoms with Gasteiger partial charge < -0.3 is 10.6 Å². The van der Waals surface area contributed by atoms with Crippen molar-refractivity contribution < 1.29 is 31.2 Å². The number of fused-ring (bicyclic) bond motifs is 1. The number of hydrogen-bond acceptors (Lipinski definition) is 8. The number of hydrogen-bond donors (Lipinski definition) is 2. The molecular formula is C27H30F3N7O4S. The Bertz CT molecular complexity index is 1600. The summed E-state index contributed by atoms with van der Waals surface area (Å²) in [5, 5.41) is 10.1. The van der Waals surface area contributed by atoms with E-state index in [0.29, 0.717) is 42.9 Å². The minimum Gasteiger partial charge on any atom is -0.343 e. The molecule has 2 amide bonds. The fourth-order valence-electron chi connectivity index (χ4n) is 4.96. The SMILES string of the molecule is C=C/C(=C\C=C(/C)CN1CC2(Cc3nn(-c4ccc(/C=N/C)cn4)c(NC(=O)CS(C)(=O)=O)c3C(=O)N2)C1)C(F)(F)F. The van der Waals surface area contributed by atoms with Gasteiger partial charge in [-0.15, -0.1) is 0 Å². The zero-order valence-electron chi connectivity index (χ0n) is 23.2. The molecule has 11 nitrogen and oxygen atoms in total. The number of aromatic nitrogens is 3. The van der Waals surface area contributed by atoms with Crippen molar-refractivity contribution in [3.63, 3.8) is 0 Å². The molecule has 0 radical (unpaired) electrons. The Balaban J connectivity index is 1.58. The van der Waals surface area contributed by atoms with Crippen LogP contribution in [0.5, 0.6) is 0 Å². The van der Waals surface area contributed by atoms with Crippen LogP contribution in [0, 0.1) is 0 Å². The molecule has 0 bridgehead atoms. The van der Waals surface area contributed by atoms with Gasteiger partial charge in [0.1, 0.15) is 11.3 Å². The lowest BCUT2D eigenvalue weighted by molar-refractivity contribution is -0.113. The molecule has 2 aliphatic heterocycles. The highest BCUT2D eigenvalue weighted by molar-refractivity contribution is 7.91. The van der Waals surface area contributed by atoms with Gasteiger partial charge in [-0.2, -0.15) is 23.0 Å². The summed E-state index contributed by atoms with van der Waals surface area (Å²) in [4.78, 5) is 36.2. The second-order valence-electron chi connectivity index (χ2n) is 10.4. The van der Waals surface area contributed by atoms with Crippen LogP contribution in [0.3, 0.4) is 0 Å². The summed E-state index contributed by atoms with van der Waals surface area (Å²) in [6.45, 7) is 6.16. The first-order valence-corrected chi connectivity index (χ1v) is 14.8. The van der Waals surface area contributed by atoms with Crippen LogP contribution in [0.2, 0.25) is 0 Å². The highest BCUT2D eigenvalue weighted by Gasteiger charge is 2.49. The number of pyridine rings is 1. The molecule has 2 aliphatic rings. The molecule has 15 heteroatoms. The number of halogens is 3. The molecular weight excluding hydrogens is 575 g/mol. The number of alkyl halides is 3. The number of sulfone groups is 1. The Morgan fingerprint density at radius 3 is 2.57 bits per heavy atom. The topological polar surface area (TPSA) is 139 Å². The number of likely N-dealkylation sites (tertiary alicyclic amines) is 1. The highest BCUT2D eigenvalue weighted by Crippen LogP contribution is 2.35. The second-order valence-corrected chi connectivity index (χ2v) is 12.6. The van der Waals surface area contributed by atoms with E-state index in [0.717, 1.165) is 18.4 Å². The largest absolute Gasteiger partial charge is 0.416 e. The molecule has 4 heterocycles. The van der Waals surface area contributed by atoms with E-state index >= 15 is 0 Å². The van der Waals surface area contributed by atoms with E-state index in [4.69, 9.17) is 0 Å². The number of rotatable bonds is 9. The lowest BCUT2D eigenvalue weighted by Gasteiger charge is -2.52. The third kappa shape index (κ3) is 7.02. The number of carbonyl (C=O) groups excluding carboxylic acids is 2. The van der Waals surface area contributed by atoms with Gasteiger partial charge in [0.25, 0.3) is 5.91 Å². The van der Waals surface area contributed by atoms with Crippen molar-refractivity contribution in [2.75, 3.05) is 44.0 Å². The van der Waals surface area contributed by atoms with Crippen molar-refractivity contribution >= 4 is 33.7 Å². The van der Waals surface area contributed by atoms with Crippen LogP contribution in [-0.4, -0.2) is 96.5 Å². The lowest BCUT2D eigenvalue weighted by atomic mass is 9.81. The van der Waals surface area contributed by atoms with Gasteiger partial charge in [-0.1, -0.05) is 30.4 Å². The molecule has 0 aliphatic carbocycles. The monoisotopic (exact) mass is 605 g/mol. The van der Waals surface area contributed by atoms with Crippen LogP contribution in [0.4, 0.5) is 19.0 Å². The summed E-state index contributed by atoms with van der Waals surface area (Å²) in [6.07, 6.45) is 3.02. The van der Waals surface area contributed by atoms with Gasteiger partial charge in [-0.3, -0.25) is 19.5 Å². The number of nitrogens with zero attached hydrogens (tertiary/aromatic N) is 5. The maximum absolute atomic E-state index is 13.4. The molecule has 2 aromatic heterocycles. The highest BCUT2D eigenvalue weighted by atomic mass is 32.2. The number of nitrogens with one attached hydrogen (secondary N) is 2. The summed E-state index contributed by atoms with van der Waals surface area (Å²) in [7, 11) is -2.03. The third-order valence-electron chi connectivity index (χ3n) is 6.61. The van der Waals surface area contributed by atoms with Crippen molar-refractivity contribution in [1.29, 1.82) is 0 Å². The lowest BCUT2D eigenvalue weighted by Crippen LogP contribution is -2.72. The maximum atomic E-state index is 13.4. The molecule has 1 saturated heterocycles. The molecule has 1 spiro atoms. The molecule has 0 aromatic carbocycles. The number of amides is 2. The van der Waals surface area contributed by atoms with E-state index in [1.54, 1.807) is 32.3 Å². The average molecular weight is 606 g/mol. The molecule has 42 heavy (non-hydrogen) atoms. The summed E-state index contributed by atoms with van der Waals surface area (Å²) in [6, 6.07) is 3.35. The number of aliphatic imine (C=N–C) groups is 1. The van der Waals surface area contributed by atoms with Crippen LogP contribution in [-0.2, 0) is 21.1 Å². The Morgan fingerprint density at radius 2 is 2.00 bits per heavy atom. The molecule has 224 valence electrons.